The quantitative estimate of drug-likeness (QED) is 0.156. The molecular formula is C72H44. The van der Waals surface area contributed by atoms with Gasteiger partial charge in [0.15, 0.2) is 0 Å². The van der Waals surface area contributed by atoms with E-state index in [2.05, 4.69) is 267 Å². The third-order valence-electron chi connectivity index (χ3n) is 15.5. The van der Waals surface area contributed by atoms with Crippen LogP contribution in [0.25, 0.3) is 154 Å². The molecule has 0 bridgehead atoms. The van der Waals surface area contributed by atoms with Crippen molar-refractivity contribution in [3.8, 4) is 89.0 Å². The summed E-state index contributed by atoms with van der Waals surface area (Å²) in [5.74, 6) is 0. The summed E-state index contributed by atoms with van der Waals surface area (Å²) in [6.45, 7) is 0. The van der Waals surface area contributed by atoms with E-state index in [1.165, 1.54) is 154 Å². The first-order valence-corrected chi connectivity index (χ1v) is 25.1. The molecule has 0 aliphatic heterocycles. The first-order valence-electron chi connectivity index (χ1n) is 25.1. The third-order valence-corrected chi connectivity index (χ3v) is 15.5. The third kappa shape index (κ3) is 6.40. The molecule has 0 amide bonds. The van der Waals surface area contributed by atoms with Crippen LogP contribution in [-0.2, 0) is 0 Å². The molecule has 0 radical (unpaired) electrons. The number of hydrogen-bond acceptors (Lipinski definition) is 0. The van der Waals surface area contributed by atoms with Crippen LogP contribution in [0.5, 0.6) is 0 Å². The van der Waals surface area contributed by atoms with Gasteiger partial charge in [0, 0.05) is 0 Å². The molecule has 0 nitrogen and oxygen atoms in total. The van der Waals surface area contributed by atoms with Crippen molar-refractivity contribution in [2.45, 2.75) is 0 Å². The van der Waals surface area contributed by atoms with E-state index in [9.17, 15) is 0 Å². The molecule has 0 fully saturated rings. The Labute approximate surface area is 418 Å². The van der Waals surface area contributed by atoms with Crippen LogP contribution in [0, 0.1) is 0 Å². The van der Waals surface area contributed by atoms with Gasteiger partial charge >= 0.3 is 0 Å². The molecule has 0 heteroatoms. The van der Waals surface area contributed by atoms with E-state index in [-0.39, 0.29) is 0 Å². The van der Waals surface area contributed by atoms with Crippen molar-refractivity contribution in [1.29, 1.82) is 0 Å². The number of hydrogen-bond donors (Lipinski definition) is 0. The van der Waals surface area contributed by atoms with Crippen molar-refractivity contribution in [2.75, 3.05) is 0 Å². The zero-order valence-corrected chi connectivity index (χ0v) is 39.4. The molecule has 1 aliphatic rings. The van der Waals surface area contributed by atoms with Crippen LogP contribution < -0.4 is 0 Å². The van der Waals surface area contributed by atoms with Crippen LogP contribution in [0.2, 0.25) is 0 Å². The second-order valence-electron chi connectivity index (χ2n) is 19.5. The lowest BCUT2D eigenvalue weighted by Gasteiger charge is -2.29. The predicted octanol–water partition coefficient (Wildman–Crippen LogP) is 20.3. The lowest BCUT2D eigenvalue weighted by atomic mass is 9.73. The number of rotatable bonds is 6. The van der Waals surface area contributed by atoms with Gasteiger partial charge in [0.1, 0.15) is 0 Å². The highest BCUT2D eigenvalue weighted by molar-refractivity contribution is 6.20. The Morgan fingerprint density at radius 3 is 0.708 bits per heavy atom. The molecule has 15 rings (SSSR count). The smallest absolute Gasteiger partial charge is 0.00136 e. The largest absolute Gasteiger partial charge is 0.0616 e. The maximum absolute atomic E-state index is 2.51. The van der Waals surface area contributed by atoms with Gasteiger partial charge in [-0.3, -0.25) is 0 Å². The normalized spacial score (nSPS) is 11.9. The van der Waals surface area contributed by atoms with Gasteiger partial charge in [-0.1, -0.05) is 231 Å². The summed E-state index contributed by atoms with van der Waals surface area (Å²) in [7, 11) is 0. The molecule has 14 aromatic carbocycles. The Morgan fingerprint density at radius 1 is 0.139 bits per heavy atom. The Bertz CT molecular complexity index is 4380. The van der Waals surface area contributed by atoms with Crippen molar-refractivity contribution >= 4 is 64.6 Å². The summed E-state index contributed by atoms with van der Waals surface area (Å²) in [6, 6.07) is 100. The van der Waals surface area contributed by atoms with Gasteiger partial charge in [-0.05, 0) is 190 Å². The molecule has 0 saturated heterocycles. The van der Waals surface area contributed by atoms with Gasteiger partial charge in [-0.2, -0.15) is 0 Å². The summed E-state index contributed by atoms with van der Waals surface area (Å²) in [5, 5.41) is 14.7. The Morgan fingerprint density at radius 2 is 0.389 bits per heavy atom. The summed E-state index contributed by atoms with van der Waals surface area (Å²) >= 11 is 0. The van der Waals surface area contributed by atoms with Gasteiger partial charge in [0.25, 0.3) is 0 Å². The van der Waals surface area contributed by atoms with Crippen molar-refractivity contribution in [2.24, 2.45) is 0 Å². The molecule has 0 heterocycles. The van der Waals surface area contributed by atoms with Gasteiger partial charge in [0.05, 0.1) is 0 Å². The topological polar surface area (TPSA) is 0 Å². The molecule has 0 N–H and O–H groups in total. The second-order valence-corrected chi connectivity index (χ2v) is 19.5. The van der Waals surface area contributed by atoms with Crippen molar-refractivity contribution in [3.05, 3.63) is 267 Å². The fraction of sp³-hybridized carbons (Fsp3) is 0. The minimum Gasteiger partial charge on any atom is -0.0616 e. The van der Waals surface area contributed by atoms with E-state index in [4.69, 9.17) is 0 Å². The van der Waals surface area contributed by atoms with Crippen molar-refractivity contribution in [1.82, 2.24) is 0 Å². The van der Waals surface area contributed by atoms with Crippen molar-refractivity contribution in [3.63, 3.8) is 0 Å². The van der Waals surface area contributed by atoms with E-state index < -0.39 is 0 Å². The van der Waals surface area contributed by atoms with Crippen LogP contribution in [0.15, 0.2) is 267 Å². The fourth-order valence-corrected chi connectivity index (χ4v) is 12.2. The van der Waals surface area contributed by atoms with E-state index in [0.717, 1.165) is 0 Å². The van der Waals surface area contributed by atoms with Crippen molar-refractivity contribution < 1.29 is 0 Å². The Balaban J connectivity index is 1.20. The molecule has 14 aromatic rings. The summed E-state index contributed by atoms with van der Waals surface area (Å²) in [5.41, 5.74) is 19.4. The van der Waals surface area contributed by atoms with Crippen LogP contribution in [0.3, 0.4) is 0 Å². The summed E-state index contributed by atoms with van der Waals surface area (Å²) in [6.07, 6.45) is 0. The van der Waals surface area contributed by atoms with Gasteiger partial charge in [-0.25, -0.2) is 0 Å². The van der Waals surface area contributed by atoms with E-state index in [0.29, 0.717) is 0 Å². The monoisotopic (exact) mass is 908 g/mol. The lowest BCUT2D eigenvalue weighted by Crippen LogP contribution is -2.02. The van der Waals surface area contributed by atoms with Gasteiger partial charge in [-0.15, -0.1) is 0 Å². The van der Waals surface area contributed by atoms with E-state index in [1.54, 1.807) is 0 Å². The van der Waals surface area contributed by atoms with Gasteiger partial charge in [0.2, 0.25) is 0 Å². The average molecular weight is 909 g/mol. The highest BCUT2D eigenvalue weighted by Crippen LogP contribution is 2.58. The average Bonchev–Trinajstić information content (AvgIpc) is 3.77. The molecule has 0 saturated carbocycles. The standard InChI is InChI=1S/C72H44/c1-6-18-51-39-56(32-27-45(51)13-1)67-68(57-33-28-46-14-2-7-19-52(46)40-57)70(59-35-30-48-16-4-9-21-54(48)42-59)72(61-37-38-62-63-25-11-23-50-24-12-26-64(66(50)63)65(62)44-61)71(60-36-31-49-17-5-10-22-55(49)43-60)69(67)58-34-29-47-15-3-8-20-53(47)41-58/h1-44H. The van der Waals surface area contributed by atoms with Crippen LogP contribution in [0.1, 0.15) is 0 Å². The first-order chi connectivity index (χ1) is 35.7. The number of fused-ring (bicyclic) bond motifs is 8. The lowest BCUT2D eigenvalue weighted by molar-refractivity contribution is 1.54. The summed E-state index contributed by atoms with van der Waals surface area (Å²) in [4.78, 5) is 0. The predicted molar refractivity (Wildman–Crippen MR) is 309 cm³/mol. The first kappa shape index (κ1) is 40.5. The minimum atomic E-state index is 1.17. The minimum absolute atomic E-state index is 1.17. The highest BCUT2D eigenvalue weighted by Gasteiger charge is 2.31. The number of benzene rings is 14. The second kappa shape index (κ2) is 16.1. The fourth-order valence-electron chi connectivity index (χ4n) is 12.2. The molecule has 72 heavy (non-hydrogen) atoms. The molecule has 0 atom stereocenters. The summed E-state index contributed by atoms with van der Waals surface area (Å²) < 4.78 is 0. The van der Waals surface area contributed by atoms with E-state index >= 15 is 0 Å². The highest BCUT2D eigenvalue weighted by atomic mass is 14.3. The Hall–Kier alpha value is -9.36. The van der Waals surface area contributed by atoms with Crippen LogP contribution in [-0.4, -0.2) is 0 Å². The van der Waals surface area contributed by atoms with Crippen LogP contribution in [0.4, 0.5) is 0 Å². The Kier molecular flexibility index (Phi) is 9.06. The maximum Gasteiger partial charge on any atom is -0.00136 e. The van der Waals surface area contributed by atoms with E-state index in [1.807, 2.05) is 0 Å². The molecule has 0 spiro atoms. The molecule has 0 aromatic heterocycles. The molecule has 0 unspecified atom stereocenters. The molecular weight excluding hydrogens is 865 g/mol. The SMILES string of the molecule is c1ccc2cc(-c3c(-c4ccc5c(c4)-c4cccc6cccc-5c46)c(-c4ccc5ccccc5c4)c(-c4ccc5ccccc5c4)c(-c4ccc5ccccc5c4)c3-c3ccc4ccccc4c3)ccc2c1. The maximum atomic E-state index is 2.51. The molecule has 332 valence electrons. The zero-order chi connectivity index (χ0) is 47.3. The zero-order valence-electron chi connectivity index (χ0n) is 39.4. The van der Waals surface area contributed by atoms with Crippen LogP contribution >= 0.6 is 0 Å². The molecule has 1 aliphatic carbocycles. The van der Waals surface area contributed by atoms with Gasteiger partial charge < -0.3 is 0 Å².